The summed E-state index contributed by atoms with van der Waals surface area (Å²) in [6, 6.07) is 9.02. The van der Waals surface area contributed by atoms with Crippen LogP contribution >= 0.6 is 0 Å². The van der Waals surface area contributed by atoms with Crippen molar-refractivity contribution in [2.24, 2.45) is 11.8 Å². The topological polar surface area (TPSA) is 40.5 Å². The lowest BCUT2D eigenvalue weighted by molar-refractivity contribution is -0.142. The van der Waals surface area contributed by atoms with Crippen molar-refractivity contribution in [3.05, 3.63) is 35.4 Å². The number of hydrogen-bond acceptors (Lipinski definition) is 2. The number of likely N-dealkylation sites (tertiary alicyclic amines) is 1. The molecule has 3 heteroatoms. The van der Waals surface area contributed by atoms with Crippen LogP contribution < -0.4 is 0 Å². The number of benzene rings is 1. The van der Waals surface area contributed by atoms with Gasteiger partial charge in [-0.05, 0) is 29.9 Å². The van der Waals surface area contributed by atoms with Crippen molar-refractivity contribution in [3.8, 4) is 0 Å². The maximum Gasteiger partial charge on any atom is 0.308 e. The Labute approximate surface area is 107 Å². The Hall–Kier alpha value is -1.35. The fourth-order valence-electron chi connectivity index (χ4n) is 3.49. The zero-order valence-electron chi connectivity index (χ0n) is 10.7. The van der Waals surface area contributed by atoms with Crippen LogP contribution in [0.4, 0.5) is 0 Å². The third-order valence-electron chi connectivity index (χ3n) is 4.50. The van der Waals surface area contributed by atoms with Gasteiger partial charge in [0, 0.05) is 19.1 Å². The van der Waals surface area contributed by atoms with Crippen LogP contribution in [0.2, 0.25) is 0 Å². The molecule has 18 heavy (non-hydrogen) atoms. The number of nitrogens with zero attached hydrogens (tertiary/aromatic N) is 1. The average molecular weight is 245 g/mol. The smallest absolute Gasteiger partial charge is 0.308 e. The highest BCUT2D eigenvalue weighted by atomic mass is 16.4. The van der Waals surface area contributed by atoms with E-state index >= 15 is 0 Å². The Kier molecular flexibility index (Phi) is 2.86. The molecule has 1 aromatic rings. The van der Waals surface area contributed by atoms with E-state index in [9.17, 15) is 9.90 Å². The first kappa shape index (κ1) is 11.7. The highest BCUT2D eigenvalue weighted by Crippen LogP contribution is 2.39. The molecule has 3 atom stereocenters. The van der Waals surface area contributed by atoms with Crippen molar-refractivity contribution < 1.29 is 9.90 Å². The highest BCUT2D eigenvalue weighted by molar-refractivity contribution is 5.71. The number of aryl methyl sites for hydroxylation is 1. The van der Waals surface area contributed by atoms with Gasteiger partial charge in [-0.1, -0.05) is 31.2 Å². The molecule has 1 aliphatic heterocycles. The lowest BCUT2D eigenvalue weighted by atomic mass is 9.99. The van der Waals surface area contributed by atoms with Gasteiger partial charge >= 0.3 is 5.97 Å². The molecule has 3 nitrogen and oxygen atoms in total. The molecule has 0 aromatic heterocycles. The maximum absolute atomic E-state index is 11.2. The molecule has 3 rings (SSSR count). The second-order valence-electron chi connectivity index (χ2n) is 5.63. The van der Waals surface area contributed by atoms with Crippen LogP contribution in [-0.2, 0) is 11.2 Å². The predicted molar refractivity (Wildman–Crippen MR) is 69.4 cm³/mol. The molecule has 1 N–H and O–H groups in total. The Bertz CT molecular complexity index is 471. The summed E-state index contributed by atoms with van der Waals surface area (Å²) in [5.74, 6) is -0.579. The molecule has 1 aliphatic carbocycles. The second kappa shape index (κ2) is 4.39. The van der Waals surface area contributed by atoms with Crippen LogP contribution in [-0.4, -0.2) is 29.1 Å². The van der Waals surface area contributed by atoms with E-state index in [0.717, 1.165) is 19.4 Å². The zero-order valence-corrected chi connectivity index (χ0v) is 10.7. The minimum Gasteiger partial charge on any atom is -0.481 e. The Balaban J connectivity index is 1.80. The van der Waals surface area contributed by atoms with Gasteiger partial charge in [0.15, 0.2) is 0 Å². The Morgan fingerprint density at radius 1 is 1.33 bits per heavy atom. The summed E-state index contributed by atoms with van der Waals surface area (Å²) in [4.78, 5) is 13.6. The Morgan fingerprint density at radius 3 is 2.83 bits per heavy atom. The molecule has 2 aliphatic rings. The van der Waals surface area contributed by atoms with E-state index in [1.807, 2.05) is 0 Å². The summed E-state index contributed by atoms with van der Waals surface area (Å²) < 4.78 is 0. The third kappa shape index (κ3) is 1.83. The van der Waals surface area contributed by atoms with Crippen LogP contribution in [0.1, 0.15) is 30.5 Å². The van der Waals surface area contributed by atoms with E-state index in [0.29, 0.717) is 12.6 Å². The van der Waals surface area contributed by atoms with Crippen molar-refractivity contribution in [3.63, 3.8) is 0 Å². The first-order valence-corrected chi connectivity index (χ1v) is 6.71. The van der Waals surface area contributed by atoms with Crippen molar-refractivity contribution in [2.75, 3.05) is 13.1 Å². The summed E-state index contributed by atoms with van der Waals surface area (Å²) in [6.07, 6.45) is 2.27. The number of hydrogen-bond donors (Lipinski definition) is 1. The van der Waals surface area contributed by atoms with Crippen LogP contribution in [0.3, 0.4) is 0 Å². The van der Waals surface area contributed by atoms with Crippen LogP contribution in [0.15, 0.2) is 24.3 Å². The van der Waals surface area contributed by atoms with Gasteiger partial charge in [0.25, 0.3) is 0 Å². The number of carboxylic acid groups (broad SMARTS) is 1. The Morgan fingerprint density at radius 2 is 2.11 bits per heavy atom. The largest absolute Gasteiger partial charge is 0.481 e. The van der Waals surface area contributed by atoms with Gasteiger partial charge in [-0.25, -0.2) is 0 Å². The van der Waals surface area contributed by atoms with Crippen LogP contribution in [0.5, 0.6) is 0 Å². The molecule has 0 saturated carbocycles. The third-order valence-corrected chi connectivity index (χ3v) is 4.50. The van der Waals surface area contributed by atoms with E-state index < -0.39 is 5.97 Å². The summed E-state index contributed by atoms with van der Waals surface area (Å²) in [5.41, 5.74) is 2.85. The molecule has 1 fully saturated rings. The quantitative estimate of drug-likeness (QED) is 0.869. The van der Waals surface area contributed by atoms with E-state index in [4.69, 9.17) is 0 Å². The van der Waals surface area contributed by atoms with Gasteiger partial charge in [-0.15, -0.1) is 0 Å². The standard InChI is InChI=1S/C15H19NO2/c1-10-8-16(9-13(10)15(17)18)14-7-6-11-4-2-3-5-12(11)14/h2-5,10,13-14H,6-9H2,1H3,(H,17,18)/t10-,13-,14?/m1/s1. The predicted octanol–water partition coefficient (Wildman–Crippen LogP) is 2.33. The number of carboxylic acids is 1. The van der Waals surface area contributed by atoms with Crippen molar-refractivity contribution >= 4 is 5.97 Å². The lowest BCUT2D eigenvalue weighted by Crippen LogP contribution is -2.26. The van der Waals surface area contributed by atoms with Gasteiger partial charge in [0.05, 0.1) is 5.92 Å². The minimum absolute atomic E-state index is 0.197. The zero-order chi connectivity index (χ0) is 12.7. The first-order chi connectivity index (χ1) is 8.66. The van der Waals surface area contributed by atoms with Crippen molar-refractivity contribution in [1.29, 1.82) is 0 Å². The monoisotopic (exact) mass is 245 g/mol. The molecule has 0 radical (unpaired) electrons. The number of rotatable bonds is 2. The molecule has 0 spiro atoms. The summed E-state index contributed by atoms with van der Waals surface area (Å²) >= 11 is 0. The van der Waals surface area contributed by atoms with E-state index in [1.54, 1.807) is 0 Å². The molecule has 1 unspecified atom stereocenters. The van der Waals surface area contributed by atoms with Crippen LogP contribution in [0, 0.1) is 11.8 Å². The van der Waals surface area contributed by atoms with Gasteiger partial charge in [-0.3, -0.25) is 9.69 Å². The van der Waals surface area contributed by atoms with Gasteiger partial charge in [0.2, 0.25) is 0 Å². The summed E-state index contributed by atoms with van der Waals surface area (Å²) in [6.45, 7) is 3.67. The number of fused-ring (bicyclic) bond motifs is 1. The summed E-state index contributed by atoms with van der Waals surface area (Å²) in [7, 11) is 0. The van der Waals surface area contributed by atoms with Gasteiger partial charge in [0.1, 0.15) is 0 Å². The molecule has 0 amide bonds. The maximum atomic E-state index is 11.2. The minimum atomic E-state index is -0.642. The first-order valence-electron chi connectivity index (χ1n) is 6.71. The van der Waals surface area contributed by atoms with Crippen molar-refractivity contribution in [2.45, 2.75) is 25.8 Å². The van der Waals surface area contributed by atoms with E-state index in [1.165, 1.54) is 11.1 Å². The van der Waals surface area contributed by atoms with Gasteiger partial charge < -0.3 is 5.11 Å². The fourth-order valence-corrected chi connectivity index (χ4v) is 3.49. The number of aliphatic carboxylic acids is 1. The SMILES string of the molecule is C[C@@H]1CN(C2CCc3ccccc32)C[C@H]1C(=O)O. The number of carbonyl (C=O) groups is 1. The van der Waals surface area contributed by atoms with E-state index in [-0.39, 0.29) is 11.8 Å². The van der Waals surface area contributed by atoms with Crippen molar-refractivity contribution in [1.82, 2.24) is 4.90 Å². The van der Waals surface area contributed by atoms with Crippen LogP contribution in [0.25, 0.3) is 0 Å². The molecule has 96 valence electrons. The molecule has 0 bridgehead atoms. The molecule has 1 saturated heterocycles. The molecular weight excluding hydrogens is 226 g/mol. The molecule has 1 aromatic carbocycles. The fraction of sp³-hybridized carbons (Fsp3) is 0.533. The average Bonchev–Trinajstić information content (AvgIpc) is 2.92. The van der Waals surface area contributed by atoms with E-state index in [2.05, 4.69) is 36.1 Å². The highest BCUT2D eigenvalue weighted by Gasteiger charge is 2.39. The summed E-state index contributed by atoms with van der Waals surface area (Å²) in [5, 5.41) is 9.21. The normalized spacial score (nSPS) is 31.5. The molecule has 1 heterocycles. The lowest BCUT2D eigenvalue weighted by Gasteiger charge is -2.24. The molecular formula is C15H19NO2. The second-order valence-corrected chi connectivity index (χ2v) is 5.63. The van der Waals surface area contributed by atoms with Gasteiger partial charge in [-0.2, -0.15) is 0 Å².